The number of rotatable bonds is 4. The van der Waals surface area contributed by atoms with Gasteiger partial charge in [-0.25, -0.2) is 4.39 Å². The molecule has 0 unspecified atom stereocenters. The predicted molar refractivity (Wildman–Crippen MR) is 95.6 cm³/mol. The lowest BCUT2D eigenvalue weighted by molar-refractivity contribution is 0.102. The number of aryl methyl sites for hydroxylation is 2. The number of anilines is 3. The van der Waals surface area contributed by atoms with Crippen molar-refractivity contribution >= 4 is 23.2 Å². The molecule has 2 aromatic carbocycles. The van der Waals surface area contributed by atoms with E-state index in [1.165, 1.54) is 18.2 Å². The minimum Gasteiger partial charge on any atom is -0.338 e. The summed E-state index contributed by atoms with van der Waals surface area (Å²) < 4.78 is 13.6. The van der Waals surface area contributed by atoms with Gasteiger partial charge in [-0.3, -0.25) is 4.79 Å². The fraction of sp³-hybridized carbons (Fsp3) is 0.105. The molecule has 0 saturated carbocycles. The average Bonchev–Trinajstić information content (AvgIpc) is 2.60. The van der Waals surface area contributed by atoms with Crippen molar-refractivity contribution in [2.75, 3.05) is 10.6 Å². The van der Waals surface area contributed by atoms with Crippen LogP contribution in [0.15, 0.2) is 54.6 Å². The van der Waals surface area contributed by atoms with Crippen LogP contribution in [-0.2, 0) is 0 Å². The van der Waals surface area contributed by atoms with Gasteiger partial charge in [0.25, 0.3) is 5.91 Å². The number of halogens is 1. The molecule has 0 bridgehead atoms. The molecule has 2 N–H and O–H groups in total. The topological polar surface area (TPSA) is 66.9 Å². The van der Waals surface area contributed by atoms with Gasteiger partial charge in [-0.1, -0.05) is 30.3 Å². The first-order valence-electron chi connectivity index (χ1n) is 7.77. The van der Waals surface area contributed by atoms with Crippen molar-refractivity contribution in [2.45, 2.75) is 13.8 Å². The van der Waals surface area contributed by atoms with E-state index in [1.54, 1.807) is 18.2 Å². The Kier molecular flexibility index (Phi) is 4.70. The monoisotopic (exact) mass is 336 g/mol. The van der Waals surface area contributed by atoms with Crippen LogP contribution in [-0.4, -0.2) is 16.1 Å². The molecule has 5 nitrogen and oxygen atoms in total. The van der Waals surface area contributed by atoms with Crippen molar-refractivity contribution in [3.05, 3.63) is 77.1 Å². The van der Waals surface area contributed by atoms with Crippen LogP contribution in [0.25, 0.3) is 0 Å². The Hall–Kier alpha value is -3.28. The van der Waals surface area contributed by atoms with Crippen molar-refractivity contribution in [3.63, 3.8) is 0 Å². The first kappa shape index (κ1) is 16.6. The Labute approximate surface area is 144 Å². The molecule has 0 atom stereocenters. The van der Waals surface area contributed by atoms with Crippen molar-refractivity contribution in [1.29, 1.82) is 0 Å². The van der Waals surface area contributed by atoms with Gasteiger partial charge in [0.15, 0.2) is 11.6 Å². The highest BCUT2D eigenvalue weighted by atomic mass is 19.1. The number of hydrogen-bond donors (Lipinski definition) is 2. The predicted octanol–water partition coefficient (Wildman–Crippen LogP) is 4.23. The van der Waals surface area contributed by atoms with E-state index in [-0.39, 0.29) is 11.4 Å². The van der Waals surface area contributed by atoms with Crippen molar-refractivity contribution in [1.82, 2.24) is 10.2 Å². The van der Waals surface area contributed by atoms with E-state index in [2.05, 4.69) is 20.8 Å². The van der Waals surface area contributed by atoms with E-state index < -0.39 is 11.7 Å². The summed E-state index contributed by atoms with van der Waals surface area (Å²) in [4.78, 5) is 12.1. The summed E-state index contributed by atoms with van der Waals surface area (Å²) in [6.07, 6.45) is 0. The smallest absolute Gasteiger partial charge is 0.259 e. The second-order valence-corrected chi connectivity index (χ2v) is 5.63. The molecule has 3 aromatic rings. The van der Waals surface area contributed by atoms with Crippen molar-refractivity contribution < 1.29 is 9.18 Å². The molecule has 1 heterocycles. The van der Waals surface area contributed by atoms with Crippen LogP contribution < -0.4 is 10.6 Å². The number of para-hydroxylation sites is 1. The normalized spacial score (nSPS) is 10.4. The number of amides is 1. The molecule has 0 spiro atoms. The SMILES string of the molecule is Cc1cccc(C)c1Nc1ccc(NC(=O)c2ccccc2F)nn1. The highest BCUT2D eigenvalue weighted by molar-refractivity contribution is 6.03. The number of aromatic nitrogens is 2. The maximum Gasteiger partial charge on any atom is 0.259 e. The van der Waals surface area contributed by atoms with Gasteiger partial charge in [0.05, 0.1) is 5.56 Å². The summed E-state index contributed by atoms with van der Waals surface area (Å²) in [5.41, 5.74) is 3.12. The van der Waals surface area contributed by atoms with Gasteiger partial charge >= 0.3 is 0 Å². The minimum absolute atomic E-state index is 0.0398. The lowest BCUT2D eigenvalue weighted by Crippen LogP contribution is -2.15. The molecular formula is C19H17FN4O. The Bertz CT molecular complexity index is 889. The molecular weight excluding hydrogens is 319 g/mol. The van der Waals surface area contributed by atoms with Gasteiger partial charge < -0.3 is 10.6 Å². The average molecular weight is 336 g/mol. The molecule has 0 fully saturated rings. The fourth-order valence-electron chi connectivity index (χ4n) is 2.43. The van der Waals surface area contributed by atoms with E-state index in [0.717, 1.165) is 16.8 Å². The van der Waals surface area contributed by atoms with E-state index in [1.807, 2.05) is 32.0 Å². The van der Waals surface area contributed by atoms with Crippen molar-refractivity contribution in [2.24, 2.45) is 0 Å². The summed E-state index contributed by atoms with van der Waals surface area (Å²) in [6, 6.07) is 15.1. The summed E-state index contributed by atoms with van der Waals surface area (Å²) in [5.74, 6) is -0.342. The molecule has 0 radical (unpaired) electrons. The number of hydrogen-bond acceptors (Lipinski definition) is 4. The molecule has 6 heteroatoms. The van der Waals surface area contributed by atoms with E-state index >= 15 is 0 Å². The molecule has 126 valence electrons. The summed E-state index contributed by atoms with van der Waals surface area (Å²) in [5, 5.41) is 13.8. The zero-order valence-electron chi connectivity index (χ0n) is 13.9. The third-order valence-electron chi connectivity index (χ3n) is 3.76. The van der Waals surface area contributed by atoms with Crippen LogP contribution in [0.4, 0.5) is 21.7 Å². The first-order chi connectivity index (χ1) is 12.0. The minimum atomic E-state index is -0.582. The lowest BCUT2D eigenvalue weighted by atomic mass is 10.1. The summed E-state index contributed by atoms with van der Waals surface area (Å²) >= 11 is 0. The number of benzene rings is 2. The fourth-order valence-corrected chi connectivity index (χ4v) is 2.43. The summed E-state index contributed by atoms with van der Waals surface area (Å²) in [7, 11) is 0. The second kappa shape index (κ2) is 7.09. The van der Waals surface area contributed by atoms with Crippen LogP contribution in [0.5, 0.6) is 0 Å². The quantitative estimate of drug-likeness (QED) is 0.748. The highest BCUT2D eigenvalue weighted by Gasteiger charge is 2.12. The Morgan fingerprint density at radius 1 is 0.880 bits per heavy atom. The molecule has 0 aliphatic carbocycles. The van der Waals surface area contributed by atoms with Gasteiger partial charge in [0, 0.05) is 5.69 Å². The zero-order valence-corrected chi connectivity index (χ0v) is 13.9. The number of nitrogens with zero attached hydrogens (tertiary/aromatic N) is 2. The molecule has 0 saturated heterocycles. The van der Waals surface area contributed by atoms with Gasteiger partial charge in [-0.05, 0) is 49.2 Å². The molecule has 3 rings (SSSR count). The third kappa shape index (κ3) is 3.80. The second-order valence-electron chi connectivity index (χ2n) is 5.63. The zero-order chi connectivity index (χ0) is 17.8. The lowest BCUT2D eigenvalue weighted by Gasteiger charge is -2.11. The molecule has 0 aliphatic rings. The van der Waals surface area contributed by atoms with Crippen LogP contribution in [0.3, 0.4) is 0 Å². The van der Waals surface area contributed by atoms with Gasteiger partial charge in [0.1, 0.15) is 5.82 Å². The Balaban J connectivity index is 1.72. The van der Waals surface area contributed by atoms with Gasteiger partial charge in [-0.2, -0.15) is 0 Å². The van der Waals surface area contributed by atoms with E-state index in [0.29, 0.717) is 5.82 Å². The maximum absolute atomic E-state index is 13.6. The van der Waals surface area contributed by atoms with Crippen LogP contribution in [0, 0.1) is 19.7 Å². The third-order valence-corrected chi connectivity index (χ3v) is 3.76. The number of nitrogens with one attached hydrogen (secondary N) is 2. The molecule has 1 amide bonds. The largest absolute Gasteiger partial charge is 0.338 e. The molecule has 1 aromatic heterocycles. The van der Waals surface area contributed by atoms with Crippen LogP contribution in [0.1, 0.15) is 21.5 Å². The maximum atomic E-state index is 13.6. The van der Waals surface area contributed by atoms with E-state index in [4.69, 9.17) is 0 Å². The molecule has 0 aliphatic heterocycles. The number of carbonyl (C=O) groups excluding carboxylic acids is 1. The van der Waals surface area contributed by atoms with Crippen LogP contribution >= 0.6 is 0 Å². The van der Waals surface area contributed by atoms with E-state index in [9.17, 15) is 9.18 Å². The molecule has 25 heavy (non-hydrogen) atoms. The van der Waals surface area contributed by atoms with Gasteiger partial charge in [-0.15, -0.1) is 10.2 Å². The van der Waals surface area contributed by atoms with Crippen LogP contribution in [0.2, 0.25) is 0 Å². The van der Waals surface area contributed by atoms with Gasteiger partial charge in [0.2, 0.25) is 0 Å². The Morgan fingerprint density at radius 2 is 1.52 bits per heavy atom. The summed E-state index contributed by atoms with van der Waals surface area (Å²) in [6.45, 7) is 4.01. The van der Waals surface area contributed by atoms with Crippen molar-refractivity contribution in [3.8, 4) is 0 Å². The standard InChI is InChI=1S/C19H17FN4O/c1-12-6-5-7-13(2)18(12)21-16-10-11-17(24-23-16)22-19(25)14-8-3-4-9-15(14)20/h3-11H,1-2H3,(H,21,23)(H,22,24,25). The Morgan fingerprint density at radius 3 is 2.16 bits per heavy atom. The first-order valence-corrected chi connectivity index (χ1v) is 7.77. The number of carbonyl (C=O) groups is 1. The highest BCUT2D eigenvalue weighted by Crippen LogP contribution is 2.23.